The Bertz CT molecular complexity index is 594. The molecule has 18 heavy (non-hydrogen) atoms. The van der Waals surface area contributed by atoms with Crippen LogP contribution < -0.4 is 4.72 Å². The maximum Gasteiger partial charge on any atom is 0.242 e. The summed E-state index contributed by atoms with van der Waals surface area (Å²) in [5, 5.41) is 8.54. The second-order valence-corrected chi connectivity index (χ2v) is 7.31. The average molecular weight is 396 g/mol. The Balaban J connectivity index is 3.14. The van der Waals surface area contributed by atoms with E-state index in [1.165, 1.54) is 0 Å². The molecular formula is C11H12Br2N2O2S. The number of halogens is 2. The normalized spacial score (nSPS) is 13.1. The molecule has 0 heterocycles. The van der Waals surface area contributed by atoms with Gasteiger partial charge in [0.05, 0.1) is 17.4 Å². The lowest BCUT2D eigenvalue weighted by Gasteiger charge is -2.13. The minimum atomic E-state index is -3.63. The van der Waals surface area contributed by atoms with Crippen molar-refractivity contribution in [1.82, 2.24) is 4.72 Å². The minimum Gasteiger partial charge on any atom is -0.207 e. The van der Waals surface area contributed by atoms with Gasteiger partial charge in [-0.05, 0) is 47.5 Å². The average Bonchev–Trinajstić information content (AvgIpc) is 2.22. The predicted molar refractivity (Wildman–Crippen MR) is 76.6 cm³/mol. The molecule has 4 nitrogen and oxygen atoms in total. The zero-order chi connectivity index (χ0) is 13.9. The summed E-state index contributed by atoms with van der Waals surface area (Å²) in [6.45, 7) is 3.52. The van der Waals surface area contributed by atoms with Gasteiger partial charge >= 0.3 is 0 Å². The van der Waals surface area contributed by atoms with Crippen molar-refractivity contribution in [1.29, 1.82) is 5.26 Å². The van der Waals surface area contributed by atoms with E-state index < -0.39 is 16.1 Å². The van der Waals surface area contributed by atoms with Gasteiger partial charge in [0, 0.05) is 15.0 Å². The van der Waals surface area contributed by atoms with Crippen molar-refractivity contribution < 1.29 is 8.42 Å². The highest BCUT2D eigenvalue weighted by molar-refractivity contribution is 9.11. The number of nitrogens with one attached hydrogen (secondary N) is 1. The molecule has 0 radical (unpaired) electrons. The van der Waals surface area contributed by atoms with E-state index in [0.717, 1.165) is 10.0 Å². The van der Waals surface area contributed by atoms with Crippen molar-refractivity contribution in [2.75, 3.05) is 0 Å². The van der Waals surface area contributed by atoms with Gasteiger partial charge in [-0.1, -0.05) is 15.9 Å². The molecule has 1 aromatic carbocycles. The van der Waals surface area contributed by atoms with Gasteiger partial charge in [0.25, 0.3) is 0 Å². The van der Waals surface area contributed by atoms with Crippen molar-refractivity contribution in [2.45, 2.75) is 31.2 Å². The van der Waals surface area contributed by atoms with E-state index in [9.17, 15) is 8.42 Å². The molecule has 0 bridgehead atoms. The van der Waals surface area contributed by atoms with Crippen molar-refractivity contribution >= 4 is 41.9 Å². The van der Waals surface area contributed by atoms with Gasteiger partial charge in [0.1, 0.15) is 0 Å². The van der Waals surface area contributed by atoms with E-state index in [4.69, 9.17) is 5.26 Å². The molecule has 1 unspecified atom stereocenters. The monoisotopic (exact) mass is 394 g/mol. The third kappa shape index (κ3) is 3.79. The lowest BCUT2D eigenvalue weighted by molar-refractivity contribution is 0.562. The smallest absolute Gasteiger partial charge is 0.207 e. The van der Waals surface area contributed by atoms with Crippen LogP contribution in [0, 0.1) is 18.3 Å². The van der Waals surface area contributed by atoms with Crippen LogP contribution in [0.4, 0.5) is 0 Å². The molecule has 0 aliphatic heterocycles. The van der Waals surface area contributed by atoms with Crippen LogP contribution in [-0.4, -0.2) is 14.5 Å². The van der Waals surface area contributed by atoms with Crippen LogP contribution in [0.2, 0.25) is 0 Å². The summed E-state index contributed by atoms with van der Waals surface area (Å²) in [7, 11) is -3.63. The number of nitrogens with zero attached hydrogens (tertiary/aromatic N) is 1. The third-order valence-corrected chi connectivity index (χ3v) is 5.66. The number of sulfonamides is 1. The topological polar surface area (TPSA) is 70.0 Å². The third-order valence-electron chi connectivity index (χ3n) is 2.26. The molecule has 0 saturated carbocycles. The van der Waals surface area contributed by atoms with Crippen LogP contribution in [0.15, 0.2) is 26.0 Å². The maximum absolute atomic E-state index is 12.1. The number of benzene rings is 1. The summed E-state index contributed by atoms with van der Waals surface area (Å²) in [6.07, 6.45) is 0.129. The zero-order valence-corrected chi connectivity index (χ0v) is 13.9. The second kappa shape index (κ2) is 6.15. The Kier molecular flexibility index (Phi) is 5.34. The minimum absolute atomic E-state index is 0.129. The molecule has 0 amide bonds. The molecule has 0 aliphatic carbocycles. The molecule has 0 aliphatic rings. The first kappa shape index (κ1) is 15.6. The van der Waals surface area contributed by atoms with Crippen LogP contribution in [-0.2, 0) is 10.0 Å². The van der Waals surface area contributed by atoms with Crippen molar-refractivity contribution in [3.8, 4) is 6.07 Å². The number of hydrogen-bond donors (Lipinski definition) is 1. The summed E-state index contributed by atoms with van der Waals surface area (Å²) >= 11 is 6.55. The molecule has 98 valence electrons. The Labute approximate surface area is 124 Å². The summed E-state index contributed by atoms with van der Waals surface area (Å²) in [4.78, 5) is 0.157. The van der Waals surface area contributed by atoms with E-state index in [-0.39, 0.29) is 11.3 Å². The molecule has 0 fully saturated rings. The fourth-order valence-corrected chi connectivity index (χ4v) is 4.26. The lowest BCUT2D eigenvalue weighted by Crippen LogP contribution is -2.32. The number of rotatable bonds is 4. The van der Waals surface area contributed by atoms with Crippen LogP contribution >= 0.6 is 31.9 Å². The van der Waals surface area contributed by atoms with E-state index in [2.05, 4.69) is 36.6 Å². The molecule has 1 N–H and O–H groups in total. The predicted octanol–water partition coefficient (Wildman–Crippen LogP) is 3.10. The SMILES string of the molecule is Cc1cc(Br)c(S(=O)(=O)NC(C)CC#N)cc1Br. The Morgan fingerprint density at radius 3 is 2.56 bits per heavy atom. The van der Waals surface area contributed by atoms with E-state index in [0.29, 0.717) is 4.47 Å². The molecule has 0 aromatic heterocycles. The Morgan fingerprint density at radius 2 is 2.00 bits per heavy atom. The summed E-state index contributed by atoms with van der Waals surface area (Å²) in [5.41, 5.74) is 0.936. The van der Waals surface area contributed by atoms with Crippen LogP contribution in [0.25, 0.3) is 0 Å². The molecule has 0 saturated heterocycles. The largest absolute Gasteiger partial charge is 0.242 e. The Hall–Kier alpha value is -0.420. The van der Waals surface area contributed by atoms with Gasteiger partial charge in [-0.15, -0.1) is 0 Å². The van der Waals surface area contributed by atoms with E-state index in [1.54, 1.807) is 19.1 Å². The number of aryl methyl sites for hydroxylation is 1. The molecule has 1 atom stereocenters. The fraction of sp³-hybridized carbons (Fsp3) is 0.364. The van der Waals surface area contributed by atoms with Gasteiger partial charge in [-0.3, -0.25) is 0 Å². The number of hydrogen-bond acceptors (Lipinski definition) is 3. The van der Waals surface area contributed by atoms with Crippen molar-refractivity contribution in [2.24, 2.45) is 0 Å². The highest BCUT2D eigenvalue weighted by atomic mass is 79.9. The van der Waals surface area contributed by atoms with Crippen LogP contribution in [0.1, 0.15) is 18.9 Å². The molecule has 1 aromatic rings. The zero-order valence-electron chi connectivity index (χ0n) is 9.87. The fourth-order valence-electron chi connectivity index (χ4n) is 1.34. The van der Waals surface area contributed by atoms with Gasteiger partial charge < -0.3 is 0 Å². The van der Waals surface area contributed by atoms with E-state index >= 15 is 0 Å². The van der Waals surface area contributed by atoms with Gasteiger partial charge in [-0.25, -0.2) is 13.1 Å². The molecule has 1 rings (SSSR count). The van der Waals surface area contributed by atoms with Gasteiger partial charge in [-0.2, -0.15) is 5.26 Å². The highest BCUT2D eigenvalue weighted by Gasteiger charge is 2.21. The first-order valence-corrected chi connectivity index (χ1v) is 8.19. The summed E-state index contributed by atoms with van der Waals surface area (Å²) in [5.74, 6) is 0. The van der Waals surface area contributed by atoms with Gasteiger partial charge in [0.15, 0.2) is 0 Å². The molecular weight excluding hydrogens is 384 g/mol. The van der Waals surface area contributed by atoms with Crippen molar-refractivity contribution in [3.63, 3.8) is 0 Å². The second-order valence-electron chi connectivity index (χ2n) is 3.92. The summed E-state index contributed by atoms with van der Waals surface area (Å²) in [6, 6.07) is 4.78. The molecule has 0 spiro atoms. The standard InChI is InChI=1S/C11H12Br2N2O2S/c1-7-5-10(13)11(6-9(7)12)18(16,17)15-8(2)3-4-14/h5-6,8,15H,3H2,1-2H3. The highest BCUT2D eigenvalue weighted by Crippen LogP contribution is 2.28. The Morgan fingerprint density at radius 1 is 1.39 bits per heavy atom. The molecule has 7 heteroatoms. The maximum atomic E-state index is 12.1. The van der Waals surface area contributed by atoms with Gasteiger partial charge in [0.2, 0.25) is 10.0 Å². The quantitative estimate of drug-likeness (QED) is 0.851. The van der Waals surface area contributed by atoms with Crippen LogP contribution in [0.5, 0.6) is 0 Å². The lowest BCUT2D eigenvalue weighted by atomic mass is 10.2. The summed E-state index contributed by atoms with van der Waals surface area (Å²) < 4.78 is 27.9. The number of nitriles is 1. The van der Waals surface area contributed by atoms with Crippen LogP contribution in [0.3, 0.4) is 0 Å². The first-order valence-electron chi connectivity index (χ1n) is 5.13. The van der Waals surface area contributed by atoms with E-state index in [1.807, 2.05) is 13.0 Å². The van der Waals surface area contributed by atoms with Crippen molar-refractivity contribution in [3.05, 3.63) is 26.6 Å². The first-order chi connectivity index (χ1) is 8.27.